The van der Waals surface area contributed by atoms with Gasteiger partial charge in [0.25, 0.3) is 0 Å². The highest BCUT2D eigenvalue weighted by Crippen LogP contribution is 2.29. The van der Waals surface area contributed by atoms with Crippen molar-refractivity contribution in [3.8, 4) is 0 Å². The predicted molar refractivity (Wildman–Crippen MR) is 79.4 cm³/mol. The fourth-order valence-electron chi connectivity index (χ4n) is 1.39. The quantitative estimate of drug-likeness (QED) is 0.458. The second-order valence-electron chi connectivity index (χ2n) is 3.70. The van der Waals surface area contributed by atoms with E-state index in [9.17, 15) is 0 Å². The van der Waals surface area contributed by atoms with Crippen molar-refractivity contribution in [2.45, 2.75) is 24.7 Å². The van der Waals surface area contributed by atoms with E-state index in [1.165, 1.54) is 17.7 Å². The number of hydrogen-bond donors (Lipinski definition) is 0. The zero-order valence-corrected chi connectivity index (χ0v) is 13.1. The summed E-state index contributed by atoms with van der Waals surface area (Å²) in [5.74, 6) is 1.85. The van der Waals surface area contributed by atoms with Crippen LogP contribution in [0.3, 0.4) is 0 Å². The molecule has 0 aliphatic heterocycles. The van der Waals surface area contributed by atoms with E-state index in [1.54, 1.807) is 0 Å². The second-order valence-corrected chi connectivity index (χ2v) is 6.25. The van der Waals surface area contributed by atoms with Gasteiger partial charge in [-0.2, -0.15) is 0 Å². The SMILES string of the molecule is CCCC(CBr)CSc1ccc(Cl)c(Cl)c1. The molecule has 0 aliphatic rings. The molecule has 0 saturated carbocycles. The molecule has 0 saturated heterocycles. The Balaban J connectivity index is 2.50. The minimum Gasteiger partial charge on any atom is -0.126 e. The maximum Gasteiger partial charge on any atom is 0.0603 e. The molecule has 0 radical (unpaired) electrons. The lowest BCUT2D eigenvalue weighted by molar-refractivity contribution is 0.597. The van der Waals surface area contributed by atoms with Crippen LogP contribution in [0.25, 0.3) is 0 Å². The van der Waals surface area contributed by atoms with Crippen molar-refractivity contribution >= 4 is 50.9 Å². The first kappa shape index (κ1) is 14.7. The number of rotatable bonds is 6. The Morgan fingerprint density at radius 2 is 2.06 bits per heavy atom. The van der Waals surface area contributed by atoms with Crippen molar-refractivity contribution in [3.63, 3.8) is 0 Å². The van der Waals surface area contributed by atoms with Gasteiger partial charge in [-0.25, -0.2) is 0 Å². The fraction of sp³-hybridized carbons (Fsp3) is 0.500. The number of alkyl halides is 1. The number of hydrogen-bond acceptors (Lipinski definition) is 1. The van der Waals surface area contributed by atoms with Crippen LogP contribution in [-0.4, -0.2) is 11.1 Å². The minimum absolute atomic E-state index is 0.622. The normalized spacial score (nSPS) is 12.8. The van der Waals surface area contributed by atoms with Crippen LogP contribution in [0, 0.1) is 5.92 Å². The van der Waals surface area contributed by atoms with Gasteiger partial charge in [0.05, 0.1) is 10.0 Å². The molecule has 0 spiro atoms. The lowest BCUT2D eigenvalue weighted by Crippen LogP contribution is -2.04. The van der Waals surface area contributed by atoms with Crippen molar-refractivity contribution in [1.82, 2.24) is 0 Å². The van der Waals surface area contributed by atoms with E-state index in [2.05, 4.69) is 22.9 Å². The highest BCUT2D eigenvalue weighted by Gasteiger charge is 2.07. The lowest BCUT2D eigenvalue weighted by Gasteiger charge is -2.12. The molecule has 0 bridgehead atoms. The molecule has 16 heavy (non-hydrogen) atoms. The molecule has 1 rings (SSSR count). The highest BCUT2D eigenvalue weighted by atomic mass is 79.9. The Labute approximate surface area is 120 Å². The van der Waals surface area contributed by atoms with Crippen LogP contribution in [0.15, 0.2) is 23.1 Å². The summed E-state index contributed by atoms with van der Waals surface area (Å²) in [6, 6.07) is 5.82. The van der Waals surface area contributed by atoms with Crippen LogP contribution < -0.4 is 0 Å². The molecular weight excluding hydrogens is 327 g/mol. The summed E-state index contributed by atoms with van der Waals surface area (Å²) in [5.41, 5.74) is 0. The Bertz CT molecular complexity index is 331. The van der Waals surface area contributed by atoms with Crippen molar-refractivity contribution < 1.29 is 0 Å². The third kappa shape index (κ3) is 4.87. The molecule has 0 aromatic heterocycles. The van der Waals surface area contributed by atoms with Crippen molar-refractivity contribution in [2.24, 2.45) is 5.92 Å². The molecule has 0 fully saturated rings. The monoisotopic (exact) mass is 340 g/mol. The Kier molecular flexibility index (Phi) is 7.22. The maximum absolute atomic E-state index is 5.97. The van der Waals surface area contributed by atoms with Gasteiger partial charge >= 0.3 is 0 Å². The van der Waals surface area contributed by atoms with Gasteiger partial charge in [0.1, 0.15) is 0 Å². The molecule has 0 N–H and O–H groups in total. The molecule has 1 aromatic rings. The lowest BCUT2D eigenvalue weighted by atomic mass is 10.1. The molecule has 0 aliphatic carbocycles. The van der Waals surface area contributed by atoms with Gasteiger partial charge in [-0.1, -0.05) is 52.5 Å². The third-order valence-electron chi connectivity index (χ3n) is 2.29. The van der Waals surface area contributed by atoms with Gasteiger partial charge in [-0.05, 0) is 30.5 Å². The van der Waals surface area contributed by atoms with Crippen molar-refractivity contribution in [2.75, 3.05) is 11.1 Å². The standard InChI is InChI=1S/C12H15BrCl2S/c1-2-3-9(7-13)8-16-10-4-5-11(14)12(15)6-10/h4-6,9H,2-3,7-8H2,1H3. The molecular formula is C12H15BrCl2S. The summed E-state index contributed by atoms with van der Waals surface area (Å²) in [6.45, 7) is 2.22. The topological polar surface area (TPSA) is 0 Å². The summed E-state index contributed by atoms with van der Waals surface area (Å²) < 4.78 is 0. The van der Waals surface area contributed by atoms with E-state index >= 15 is 0 Å². The number of halogens is 3. The van der Waals surface area contributed by atoms with E-state index in [0.717, 1.165) is 17.0 Å². The van der Waals surface area contributed by atoms with E-state index < -0.39 is 0 Å². The number of benzene rings is 1. The van der Waals surface area contributed by atoms with Crippen LogP contribution in [0.4, 0.5) is 0 Å². The van der Waals surface area contributed by atoms with Crippen molar-refractivity contribution in [3.05, 3.63) is 28.2 Å². The first-order valence-electron chi connectivity index (χ1n) is 5.31. The van der Waals surface area contributed by atoms with E-state index in [0.29, 0.717) is 10.0 Å². The average Bonchev–Trinajstić information content (AvgIpc) is 2.28. The Morgan fingerprint density at radius 1 is 1.31 bits per heavy atom. The molecule has 1 unspecified atom stereocenters. The summed E-state index contributed by atoms with van der Waals surface area (Å²) in [7, 11) is 0. The zero-order chi connectivity index (χ0) is 12.0. The molecule has 0 nitrogen and oxygen atoms in total. The summed E-state index contributed by atoms with van der Waals surface area (Å²) in [6.07, 6.45) is 2.50. The Morgan fingerprint density at radius 3 is 2.62 bits per heavy atom. The minimum atomic E-state index is 0.622. The first-order valence-corrected chi connectivity index (χ1v) is 8.17. The summed E-state index contributed by atoms with van der Waals surface area (Å²) >= 11 is 17.2. The average molecular weight is 342 g/mol. The van der Waals surface area contributed by atoms with Gasteiger partial charge in [0.15, 0.2) is 0 Å². The smallest absolute Gasteiger partial charge is 0.0603 e. The molecule has 0 amide bonds. The highest BCUT2D eigenvalue weighted by molar-refractivity contribution is 9.09. The summed E-state index contributed by atoms with van der Waals surface area (Å²) in [5, 5.41) is 2.32. The first-order chi connectivity index (χ1) is 7.67. The van der Waals surface area contributed by atoms with Crippen LogP contribution in [0.2, 0.25) is 10.0 Å². The van der Waals surface area contributed by atoms with Crippen LogP contribution in [0.1, 0.15) is 19.8 Å². The fourth-order valence-corrected chi connectivity index (χ4v) is 3.69. The molecule has 90 valence electrons. The van der Waals surface area contributed by atoms with Gasteiger partial charge < -0.3 is 0 Å². The zero-order valence-electron chi connectivity index (χ0n) is 9.18. The predicted octanol–water partition coefficient (Wildman–Crippen LogP) is 5.90. The van der Waals surface area contributed by atoms with Crippen LogP contribution >= 0.6 is 50.9 Å². The largest absolute Gasteiger partial charge is 0.126 e. The van der Waals surface area contributed by atoms with E-state index in [1.807, 2.05) is 30.0 Å². The Hall–Kier alpha value is 0.630. The molecule has 0 heterocycles. The van der Waals surface area contributed by atoms with Gasteiger partial charge in [0, 0.05) is 16.0 Å². The number of thioether (sulfide) groups is 1. The third-order valence-corrected chi connectivity index (χ3v) is 5.17. The molecule has 4 heteroatoms. The molecule has 1 aromatic carbocycles. The van der Waals surface area contributed by atoms with Gasteiger partial charge in [-0.3, -0.25) is 0 Å². The van der Waals surface area contributed by atoms with Gasteiger partial charge in [-0.15, -0.1) is 11.8 Å². The van der Waals surface area contributed by atoms with Crippen LogP contribution in [0.5, 0.6) is 0 Å². The van der Waals surface area contributed by atoms with E-state index in [-0.39, 0.29) is 0 Å². The van der Waals surface area contributed by atoms with Crippen LogP contribution in [-0.2, 0) is 0 Å². The van der Waals surface area contributed by atoms with E-state index in [4.69, 9.17) is 23.2 Å². The second kappa shape index (κ2) is 7.86. The van der Waals surface area contributed by atoms with Crippen molar-refractivity contribution in [1.29, 1.82) is 0 Å². The molecule has 1 atom stereocenters. The summed E-state index contributed by atoms with van der Waals surface area (Å²) in [4.78, 5) is 1.19. The maximum atomic E-state index is 5.97. The van der Waals surface area contributed by atoms with Gasteiger partial charge in [0.2, 0.25) is 0 Å².